The maximum atomic E-state index is 13.7. The smallest absolute Gasteiger partial charge is 0.244 e. The number of nitrogens with one attached hydrogen (secondary N) is 1. The largest absolute Gasteiger partial charge is 0.354 e. The summed E-state index contributed by atoms with van der Waals surface area (Å²) >= 11 is 12.2. The van der Waals surface area contributed by atoms with E-state index >= 15 is 0 Å². The second kappa shape index (κ2) is 12.0. The molecule has 0 aliphatic heterocycles. The summed E-state index contributed by atoms with van der Waals surface area (Å²) in [5, 5.41) is 5.03. The first-order chi connectivity index (χ1) is 17.0. The molecule has 1 atom stereocenters. The molecule has 2 amide bonds. The average Bonchev–Trinajstić information content (AvgIpc) is 2.85. The number of carbonyl (C=O) groups excluding carboxylic acids is 2. The van der Waals surface area contributed by atoms with Crippen molar-refractivity contribution >= 4 is 61.5 Å². The number of benzene rings is 3. The van der Waals surface area contributed by atoms with Crippen LogP contribution in [0.25, 0.3) is 10.8 Å². The molecule has 0 radical (unpaired) electrons. The fraction of sp³-hybridized carbons (Fsp3) is 0.308. The van der Waals surface area contributed by atoms with Crippen molar-refractivity contribution < 1.29 is 18.0 Å². The SMILES string of the molecule is CCCNC(=O)[C@@H](C)N(Cc1ccc(Cl)c(Cl)c1)C(=O)CN(c1cccc2ccccc12)S(C)(=O)=O. The summed E-state index contributed by atoms with van der Waals surface area (Å²) in [7, 11) is -3.84. The Morgan fingerprint density at radius 3 is 2.36 bits per heavy atom. The fourth-order valence-corrected chi connectivity index (χ4v) is 5.02. The summed E-state index contributed by atoms with van der Waals surface area (Å²) in [5.74, 6) is -0.861. The van der Waals surface area contributed by atoms with Crippen LogP contribution in [0.4, 0.5) is 5.69 Å². The summed E-state index contributed by atoms with van der Waals surface area (Å²) in [6, 6.07) is 16.7. The van der Waals surface area contributed by atoms with Crippen LogP contribution in [-0.2, 0) is 26.2 Å². The molecule has 10 heteroatoms. The van der Waals surface area contributed by atoms with Crippen molar-refractivity contribution in [3.05, 3.63) is 76.3 Å². The van der Waals surface area contributed by atoms with Crippen LogP contribution < -0.4 is 9.62 Å². The van der Waals surface area contributed by atoms with Gasteiger partial charge in [-0.1, -0.05) is 72.6 Å². The topological polar surface area (TPSA) is 86.8 Å². The van der Waals surface area contributed by atoms with E-state index in [4.69, 9.17) is 23.2 Å². The number of rotatable bonds is 10. The highest BCUT2D eigenvalue weighted by atomic mass is 35.5. The van der Waals surface area contributed by atoms with Crippen LogP contribution in [0.1, 0.15) is 25.8 Å². The Balaban J connectivity index is 1.99. The van der Waals surface area contributed by atoms with Crippen molar-refractivity contribution in [1.82, 2.24) is 10.2 Å². The van der Waals surface area contributed by atoms with Gasteiger partial charge in [0, 0.05) is 18.5 Å². The first kappa shape index (κ1) is 27.8. The number of amides is 2. The third-order valence-corrected chi connectivity index (χ3v) is 7.63. The van der Waals surface area contributed by atoms with E-state index in [-0.39, 0.29) is 12.5 Å². The number of carbonyl (C=O) groups is 2. The Morgan fingerprint density at radius 1 is 1.00 bits per heavy atom. The number of sulfonamides is 1. The molecule has 0 aliphatic rings. The van der Waals surface area contributed by atoms with Gasteiger partial charge >= 0.3 is 0 Å². The van der Waals surface area contributed by atoms with Crippen molar-refractivity contribution in [2.45, 2.75) is 32.9 Å². The van der Waals surface area contributed by atoms with Gasteiger partial charge in [-0.25, -0.2) is 8.42 Å². The van der Waals surface area contributed by atoms with Crippen LogP contribution in [0, 0.1) is 0 Å². The van der Waals surface area contributed by atoms with Gasteiger partial charge in [0.15, 0.2) is 0 Å². The zero-order valence-electron chi connectivity index (χ0n) is 20.4. The van der Waals surface area contributed by atoms with E-state index < -0.39 is 28.5 Å². The normalized spacial score (nSPS) is 12.2. The maximum Gasteiger partial charge on any atom is 0.244 e. The predicted molar refractivity (Wildman–Crippen MR) is 146 cm³/mol. The van der Waals surface area contributed by atoms with Gasteiger partial charge in [-0.3, -0.25) is 13.9 Å². The first-order valence-electron chi connectivity index (χ1n) is 11.5. The number of hydrogen-bond donors (Lipinski definition) is 1. The zero-order chi connectivity index (χ0) is 26.5. The summed E-state index contributed by atoms with van der Waals surface area (Å²) in [6.45, 7) is 3.58. The molecule has 192 valence electrons. The van der Waals surface area contributed by atoms with Crippen LogP contribution in [0.15, 0.2) is 60.7 Å². The van der Waals surface area contributed by atoms with E-state index in [1.54, 1.807) is 37.3 Å². The minimum Gasteiger partial charge on any atom is -0.354 e. The Hall–Kier alpha value is -2.81. The molecular formula is C26H29Cl2N3O4S. The molecule has 0 fully saturated rings. The van der Waals surface area contributed by atoms with Crippen molar-refractivity contribution in [3.63, 3.8) is 0 Å². The van der Waals surface area contributed by atoms with Crippen LogP contribution >= 0.6 is 23.2 Å². The Labute approximate surface area is 222 Å². The lowest BCUT2D eigenvalue weighted by Gasteiger charge is -2.32. The van der Waals surface area contributed by atoms with E-state index in [1.165, 1.54) is 4.90 Å². The molecule has 3 rings (SSSR count). The summed E-state index contributed by atoms with van der Waals surface area (Å²) in [6.07, 6.45) is 1.80. The monoisotopic (exact) mass is 549 g/mol. The Kier molecular flexibility index (Phi) is 9.22. The molecule has 0 aromatic heterocycles. The lowest BCUT2D eigenvalue weighted by atomic mass is 10.1. The van der Waals surface area contributed by atoms with E-state index in [0.717, 1.165) is 22.4 Å². The number of halogens is 2. The average molecular weight is 551 g/mol. The number of fused-ring (bicyclic) bond motifs is 1. The third kappa shape index (κ3) is 6.69. The van der Waals surface area contributed by atoms with Gasteiger partial charge < -0.3 is 10.2 Å². The molecule has 0 unspecified atom stereocenters. The summed E-state index contributed by atoms with van der Waals surface area (Å²) in [5.41, 5.74) is 1.05. The van der Waals surface area contributed by atoms with Gasteiger partial charge in [0.2, 0.25) is 21.8 Å². The standard InChI is InChI=1S/C26H29Cl2N3O4S/c1-4-14-29-26(33)18(2)30(16-19-12-13-22(27)23(28)15-19)25(32)17-31(36(3,34)35)24-11-7-9-20-8-5-6-10-21(20)24/h5-13,15,18H,4,14,16-17H2,1-3H3,(H,29,33)/t18-/m1/s1. The second-order valence-corrected chi connectivity index (χ2v) is 11.2. The van der Waals surface area contributed by atoms with Gasteiger partial charge in [0.1, 0.15) is 12.6 Å². The molecule has 36 heavy (non-hydrogen) atoms. The molecule has 0 heterocycles. The van der Waals surface area contributed by atoms with E-state index in [0.29, 0.717) is 33.2 Å². The highest BCUT2D eigenvalue weighted by Gasteiger charge is 2.30. The number of nitrogens with zero attached hydrogens (tertiary/aromatic N) is 2. The van der Waals surface area contributed by atoms with E-state index in [1.807, 2.05) is 37.3 Å². The van der Waals surface area contributed by atoms with Gasteiger partial charge in [0.25, 0.3) is 0 Å². The molecular weight excluding hydrogens is 521 g/mol. The minimum absolute atomic E-state index is 0.0452. The maximum absolute atomic E-state index is 13.7. The molecule has 0 aliphatic carbocycles. The molecule has 0 saturated heterocycles. The molecule has 0 saturated carbocycles. The van der Waals surface area contributed by atoms with Crippen LogP contribution in [-0.4, -0.2) is 50.5 Å². The molecule has 3 aromatic carbocycles. The van der Waals surface area contributed by atoms with E-state index in [2.05, 4.69) is 5.32 Å². The van der Waals surface area contributed by atoms with E-state index in [9.17, 15) is 18.0 Å². The molecule has 3 aromatic rings. The van der Waals surface area contributed by atoms with Gasteiger partial charge in [0.05, 0.1) is 22.0 Å². The number of anilines is 1. The van der Waals surface area contributed by atoms with Crippen LogP contribution in [0.3, 0.4) is 0 Å². The Morgan fingerprint density at radius 2 is 1.69 bits per heavy atom. The van der Waals surface area contributed by atoms with Gasteiger partial charge in [-0.05, 0) is 42.5 Å². The molecule has 0 bridgehead atoms. The molecule has 0 spiro atoms. The zero-order valence-corrected chi connectivity index (χ0v) is 22.7. The fourth-order valence-electron chi connectivity index (χ4n) is 3.83. The van der Waals surface area contributed by atoms with Crippen molar-refractivity contribution in [2.24, 2.45) is 0 Å². The first-order valence-corrected chi connectivity index (χ1v) is 14.1. The minimum atomic E-state index is -3.84. The molecule has 7 nitrogen and oxygen atoms in total. The van der Waals surface area contributed by atoms with Crippen molar-refractivity contribution in [2.75, 3.05) is 23.7 Å². The highest BCUT2D eigenvalue weighted by Crippen LogP contribution is 2.29. The van der Waals surface area contributed by atoms with Gasteiger partial charge in [-0.2, -0.15) is 0 Å². The van der Waals surface area contributed by atoms with Crippen LogP contribution in [0.5, 0.6) is 0 Å². The van der Waals surface area contributed by atoms with Crippen LogP contribution in [0.2, 0.25) is 10.0 Å². The lowest BCUT2D eigenvalue weighted by molar-refractivity contribution is -0.139. The molecule has 1 N–H and O–H groups in total. The second-order valence-electron chi connectivity index (χ2n) is 8.51. The highest BCUT2D eigenvalue weighted by molar-refractivity contribution is 7.92. The van der Waals surface area contributed by atoms with Crippen molar-refractivity contribution in [1.29, 1.82) is 0 Å². The van der Waals surface area contributed by atoms with Gasteiger partial charge in [-0.15, -0.1) is 0 Å². The Bertz CT molecular complexity index is 1360. The predicted octanol–water partition coefficient (Wildman–Crippen LogP) is 4.86. The number of hydrogen-bond acceptors (Lipinski definition) is 4. The summed E-state index contributed by atoms with van der Waals surface area (Å²) in [4.78, 5) is 27.8. The lowest BCUT2D eigenvalue weighted by Crippen LogP contribution is -2.51. The third-order valence-electron chi connectivity index (χ3n) is 5.77. The summed E-state index contributed by atoms with van der Waals surface area (Å²) < 4.78 is 26.8. The van der Waals surface area contributed by atoms with Crippen molar-refractivity contribution in [3.8, 4) is 0 Å². The quantitative estimate of drug-likeness (QED) is 0.391.